The first kappa shape index (κ1) is 13.0. The number of rotatable bonds is 2. The van der Waals surface area contributed by atoms with Crippen LogP contribution >= 0.6 is 0 Å². The highest BCUT2D eigenvalue weighted by atomic mass is 32.2. The first-order valence-corrected chi connectivity index (χ1v) is 7.32. The van der Waals surface area contributed by atoms with E-state index in [9.17, 15) is 13.2 Å². The fourth-order valence-corrected chi connectivity index (χ4v) is 3.75. The highest BCUT2D eigenvalue weighted by molar-refractivity contribution is 7.93. The van der Waals surface area contributed by atoms with Gasteiger partial charge in [0.05, 0.1) is 10.6 Å². The van der Waals surface area contributed by atoms with E-state index in [2.05, 4.69) is 5.32 Å². The molecule has 3 N–H and O–H groups in total. The molecule has 0 bridgehead atoms. The van der Waals surface area contributed by atoms with Gasteiger partial charge in [0, 0.05) is 6.54 Å². The number of carbonyl (C=O) groups is 1. The lowest BCUT2D eigenvalue weighted by molar-refractivity contribution is -0.115. The van der Waals surface area contributed by atoms with Crippen LogP contribution in [0.5, 0.6) is 0 Å². The van der Waals surface area contributed by atoms with Gasteiger partial charge in [-0.25, -0.2) is 8.42 Å². The third-order valence-electron chi connectivity index (χ3n) is 3.12. The number of para-hydroxylation sites is 1. The Kier molecular flexibility index (Phi) is 3.16. The van der Waals surface area contributed by atoms with E-state index in [0.717, 1.165) is 5.56 Å². The molecule has 1 unspecified atom stereocenters. The van der Waals surface area contributed by atoms with Crippen molar-refractivity contribution in [2.45, 2.75) is 29.9 Å². The molecule has 0 fully saturated rings. The van der Waals surface area contributed by atoms with Crippen LogP contribution in [-0.4, -0.2) is 26.1 Å². The molecule has 1 aliphatic heterocycles. The van der Waals surface area contributed by atoms with E-state index in [1.54, 1.807) is 6.07 Å². The van der Waals surface area contributed by atoms with Gasteiger partial charge in [-0.2, -0.15) is 0 Å². The molecule has 1 aliphatic rings. The van der Waals surface area contributed by atoms with Crippen LogP contribution in [0, 0.1) is 0 Å². The number of fused-ring (bicyclic) bond motifs is 1. The fourth-order valence-electron chi connectivity index (χ4n) is 2.13. The third kappa shape index (κ3) is 1.81. The molecule has 0 radical (unpaired) electrons. The number of carbonyl (C=O) groups excluding carboxylic acids is 1. The van der Waals surface area contributed by atoms with Gasteiger partial charge < -0.3 is 11.1 Å². The second kappa shape index (κ2) is 4.37. The normalized spacial score (nSPS) is 21.6. The molecule has 0 saturated carbocycles. The van der Waals surface area contributed by atoms with Crippen LogP contribution in [0.1, 0.15) is 25.3 Å². The van der Waals surface area contributed by atoms with Gasteiger partial charge in [-0.1, -0.05) is 26.0 Å². The van der Waals surface area contributed by atoms with E-state index in [-0.39, 0.29) is 17.4 Å². The lowest BCUT2D eigenvalue weighted by Crippen LogP contribution is -2.44. The van der Waals surface area contributed by atoms with Crippen molar-refractivity contribution < 1.29 is 13.2 Å². The number of hydrogen-bond acceptors (Lipinski definition) is 4. The quantitative estimate of drug-likeness (QED) is 0.832. The van der Waals surface area contributed by atoms with Gasteiger partial charge >= 0.3 is 0 Å². The summed E-state index contributed by atoms with van der Waals surface area (Å²) < 4.78 is 24.6. The molecule has 18 heavy (non-hydrogen) atoms. The maximum Gasteiger partial charge on any atom is 0.244 e. The van der Waals surface area contributed by atoms with Crippen molar-refractivity contribution >= 4 is 21.4 Å². The average molecular weight is 268 g/mol. The topological polar surface area (TPSA) is 89.3 Å². The maximum atomic E-state index is 12.3. The largest absolute Gasteiger partial charge is 0.329 e. The first-order chi connectivity index (χ1) is 8.39. The van der Waals surface area contributed by atoms with E-state index in [1.807, 2.05) is 19.9 Å². The van der Waals surface area contributed by atoms with Crippen molar-refractivity contribution in [1.29, 1.82) is 0 Å². The Morgan fingerprint density at radius 1 is 1.39 bits per heavy atom. The predicted octanol–water partition coefficient (Wildman–Crippen LogP) is 0.863. The molecule has 1 atom stereocenters. The number of benzene rings is 1. The summed E-state index contributed by atoms with van der Waals surface area (Å²) in [6.07, 6.45) is 0. The van der Waals surface area contributed by atoms with Gasteiger partial charge in [-0.15, -0.1) is 0 Å². The van der Waals surface area contributed by atoms with Gasteiger partial charge in [0.2, 0.25) is 5.91 Å². The number of hydrogen-bond donors (Lipinski definition) is 2. The molecule has 0 spiro atoms. The van der Waals surface area contributed by atoms with Gasteiger partial charge in [-0.05, 0) is 17.5 Å². The molecule has 0 aromatic heterocycles. The van der Waals surface area contributed by atoms with Gasteiger partial charge in [0.1, 0.15) is 0 Å². The number of nitrogens with one attached hydrogen (secondary N) is 1. The second-order valence-electron chi connectivity index (χ2n) is 4.63. The molecule has 98 valence electrons. The minimum Gasteiger partial charge on any atom is -0.329 e. The van der Waals surface area contributed by atoms with E-state index >= 15 is 0 Å². The summed E-state index contributed by atoms with van der Waals surface area (Å²) in [5.41, 5.74) is 6.61. The Hall–Kier alpha value is -1.40. The van der Waals surface area contributed by atoms with E-state index in [4.69, 9.17) is 5.73 Å². The van der Waals surface area contributed by atoms with E-state index in [0.29, 0.717) is 5.69 Å². The summed E-state index contributed by atoms with van der Waals surface area (Å²) in [5.74, 6) is -0.414. The zero-order chi connectivity index (χ0) is 13.5. The van der Waals surface area contributed by atoms with Crippen molar-refractivity contribution in [3.05, 3.63) is 23.8 Å². The van der Waals surface area contributed by atoms with Crippen LogP contribution in [0.25, 0.3) is 0 Å². The molecular formula is C12H16N2O3S. The van der Waals surface area contributed by atoms with Gasteiger partial charge in [0.25, 0.3) is 0 Å². The number of nitrogens with two attached hydrogens (primary N) is 1. The molecule has 0 saturated heterocycles. The zero-order valence-corrected chi connectivity index (χ0v) is 11.1. The van der Waals surface area contributed by atoms with Gasteiger partial charge in [0.15, 0.2) is 15.1 Å². The summed E-state index contributed by atoms with van der Waals surface area (Å²) in [6, 6.07) is 5.03. The molecule has 1 amide bonds. The number of amides is 1. The molecule has 1 heterocycles. The summed E-state index contributed by atoms with van der Waals surface area (Å²) in [5, 5.41) is 1.48. The van der Waals surface area contributed by atoms with Crippen molar-refractivity contribution in [2.24, 2.45) is 5.73 Å². The molecule has 2 rings (SSSR count). The van der Waals surface area contributed by atoms with E-state index in [1.165, 1.54) is 6.07 Å². The van der Waals surface area contributed by atoms with E-state index < -0.39 is 21.0 Å². The standard InChI is InChI=1S/C12H16N2O3S/c1-7(2)8-4-3-5-9-11(8)14-12(15)10(6-13)18(9,16)17/h3-5,7,10H,6,13H2,1-2H3,(H,14,15). The Bertz CT molecular complexity index is 593. The Morgan fingerprint density at radius 2 is 2.06 bits per heavy atom. The van der Waals surface area contributed by atoms with Crippen LogP contribution in [0.2, 0.25) is 0 Å². The van der Waals surface area contributed by atoms with Crippen LogP contribution in [0.15, 0.2) is 23.1 Å². The lowest BCUT2D eigenvalue weighted by atomic mass is 10.0. The van der Waals surface area contributed by atoms with Crippen molar-refractivity contribution in [2.75, 3.05) is 11.9 Å². The zero-order valence-electron chi connectivity index (χ0n) is 10.3. The Labute approximate surface area is 106 Å². The monoisotopic (exact) mass is 268 g/mol. The summed E-state index contributed by atoms with van der Waals surface area (Å²) in [4.78, 5) is 12.0. The lowest BCUT2D eigenvalue weighted by Gasteiger charge is -2.26. The summed E-state index contributed by atoms with van der Waals surface area (Å²) in [7, 11) is -3.68. The predicted molar refractivity (Wildman–Crippen MR) is 69.2 cm³/mol. The number of anilines is 1. The van der Waals surface area contributed by atoms with Crippen LogP contribution < -0.4 is 11.1 Å². The Balaban J connectivity index is 2.71. The van der Waals surface area contributed by atoms with Gasteiger partial charge in [-0.3, -0.25) is 4.79 Å². The average Bonchev–Trinajstić information content (AvgIpc) is 2.28. The van der Waals surface area contributed by atoms with Crippen molar-refractivity contribution in [3.8, 4) is 0 Å². The molecule has 1 aromatic rings. The van der Waals surface area contributed by atoms with Crippen LogP contribution in [-0.2, 0) is 14.6 Å². The molecule has 5 nitrogen and oxygen atoms in total. The first-order valence-electron chi connectivity index (χ1n) is 5.77. The molecule has 6 heteroatoms. The minimum atomic E-state index is -3.68. The highest BCUT2D eigenvalue weighted by Gasteiger charge is 2.40. The van der Waals surface area contributed by atoms with Crippen LogP contribution in [0.3, 0.4) is 0 Å². The number of sulfone groups is 1. The fraction of sp³-hybridized carbons (Fsp3) is 0.417. The van der Waals surface area contributed by atoms with Crippen LogP contribution in [0.4, 0.5) is 5.69 Å². The summed E-state index contributed by atoms with van der Waals surface area (Å²) >= 11 is 0. The molecular weight excluding hydrogens is 252 g/mol. The molecule has 1 aromatic carbocycles. The Morgan fingerprint density at radius 3 is 2.61 bits per heavy atom. The third-order valence-corrected chi connectivity index (χ3v) is 5.23. The van der Waals surface area contributed by atoms with Crippen molar-refractivity contribution in [3.63, 3.8) is 0 Å². The highest BCUT2D eigenvalue weighted by Crippen LogP contribution is 2.35. The summed E-state index contributed by atoms with van der Waals surface area (Å²) in [6.45, 7) is 3.69. The maximum absolute atomic E-state index is 12.3. The smallest absolute Gasteiger partial charge is 0.244 e. The SMILES string of the molecule is CC(C)c1cccc2c1NC(=O)C(CN)S2(=O)=O. The van der Waals surface area contributed by atoms with Crippen molar-refractivity contribution in [1.82, 2.24) is 0 Å². The molecule has 0 aliphatic carbocycles. The minimum absolute atomic E-state index is 0.130. The second-order valence-corrected chi connectivity index (χ2v) is 6.73.